The van der Waals surface area contributed by atoms with Gasteiger partial charge in [-0.3, -0.25) is 9.59 Å². The summed E-state index contributed by atoms with van der Waals surface area (Å²) in [6.45, 7) is 4.03. The van der Waals surface area contributed by atoms with Gasteiger partial charge in [0.1, 0.15) is 0 Å². The highest BCUT2D eigenvalue weighted by molar-refractivity contribution is 5.94. The molecule has 4 nitrogen and oxygen atoms in total. The van der Waals surface area contributed by atoms with E-state index in [2.05, 4.69) is 0 Å². The first kappa shape index (κ1) is 13.5. The maximum atomic E-state index is 11.9. The highest BCUT2D eigenvalue weighted by atomic mass is 16.5. The van der Waals surface area contributed by atoms with Crippen LogP contribution in [0.3, 0.4) is 0 Å². The smallest absolute Gasteiger partial charge is 0.246 e. The Balaban J connectivity index is 1.97. The van der Waals surface area contributed by atoms with E-state index in [1.807, 2.05) is 12.1 Å². The van der Waals surface area contributed by atoms with Crippen molar-refractivity contribution in [2.75, 3.05) is 26.3 Å². The van der Waals surface area contributed by atoms with Gasteiger partial charge in [0.2, 0.25) is 5.91 Å². The molecular weight excluding hydrogens is 242 g/mol. The van der Waals surface area contributed by atoms with Gasteiger partial charge in [-0.05, 0) is 18.6 Å². The highest BCUT2D eigenvalue weighted by Crippen LogP contribution is 2.07. The van der Waals surface area contributed by atoms with Crippen LogP contribution in [-0.4, -0.2) is 42.9 Å². The molecule has 0 bridgehead atoms. The van der Waals surface area contributed by atoms with E-state index in [1.165, 1.54) is 6.92 Å². The summed E-state index contributed by atoms with van der Waals surface area (Å²) in [7, 11) is 0. The summed E-state index contributed by atoms with van der Waals surface area (Å²) in [4.78, 5) is 24.8. The highest BCUT2D eigenvalue weighted by Gasteiger charge is 2.13. The van der Waals surface area contributed by atoms with Crippen molar-refractivity contribution < 1.29 is 14.3 Å². The molecule has 0 atom stereocenters. The Morgan fingerprint density at radius 2 is 1.79 bits per heavy atom. The fourth-order valence-corrected chi connectivity index (χ4v) is 1.89. The molecule has 2 rings (SSSR count). The zero-order valence-corrected chi connectivity index (χ0v) is 11.0. The molecule has 100 valence electrons. The van der Waals surface area contributed by atoms with Gasteiger partial charge in [-0.25, -0.2) is 0 Å². The van der Waals surface area contributed by atoms with Crippen LogP contribution in [0.15, 0.2) is 30.3 Å². The molecule has 0 aliphatic carbocycles. The fourth-order valence-electron chi connectivity index (χ4n) is 1.89. The zero-order valence-electron chi connectivity index (χ0n) is 11.0. The van der Waals surface area contributed by atoms with Crippen LogP contribution in [0.4, 0.5) is 0 Å². The lowest BCUT2D eigenvalue weighted by atomic mass is 10.1. The lowest BCUT2D eigenvalue weighted by Gasteiger charge is -2.25. The van der Waals surface area contributed by atoms with Crippen molar-refractivity contribution in [1.29, 1.82) is 0 Å². The topological polar surface area (TPSA) is 46.6 Å². The molecule has 1 aromatic rings. The first-order chi connectivity index (χ1) is 9.16. The van der Waals surface area contributed by atoms with Gasteiger partial charge in [0.15, 0.2) is 5.78 Å². The van der Waals surface area contributed by atoms with Gasteiger partial charge in [-0.1, -0.05) is 24.3 Å². The standard InChI is InChI=1S/C15H17NO3/c1-12(17)14-5-2-13(3-6-14)4-7-15(18)16-8-10-19-11-9-16/h2-7H,8-11H2,1H3. The van der Waals surface area contributed by atoms with Gasteiger partial charge in [0, 0.05) is 24.7 Å². The van der Waals surface area contributed by atoms with Gasteiger partial charge in [-0.2, -0.15) is 0 Å². The van der Waals surface area contributed by atoms with Crippen LogP contribution in [0, 0.1) is 0 Å². The lowest BCUT2D eigenvalue weighted by Crippen LogP contribution is -2.39. The molecule has 0 radical (unpaired) electrons. The number of carbonyl (C=O) groups excluding carboxylic acids is 2. The second-order valence-corrected chi connectivity index (χ2v) is 4.45. The average molecular weight is 259 g/mol. The summed E-state index contributed by atoms with van der Waals surface area (Å²) in [6.07, 6.45) is 3.33. The number of ketones is 1. The number of hydrogen-bond donors (Lipinski definition) is 0. The number of morpholine rings is 1. The molecule has 19 heavy (non-hydrogen) atoms. The Labute approximate surface area is 112 Å². The fraction of sp³-hybridized carbons (Fsp3) is 0.333. The summed E-state index contributed by atoms with van der Waals surface area (Å²) in [5, 5.41) is 0. The molecule has 1 amide bonds. The summed E-state index contributed by atoms with van der Waals surface area (Å²) < 4.78 is 5.20. The monoisotopic (exact) mass is 259 g/mol. The molecule has 1 saturated heterocycles. The van der Waals surface area contributed by atoms with Crippen LogP contribution in [0.5, 0.6) is 0 Å². The van der Waals surface area contributed by atoms with E-state index >= 15 is 0 Å². The number of Topliss-reactive ketones (excluding diaryl/α,β-unsaturated/α-hetero) is 1. The number of amides is 1. The molecule has 0 unspecified atom stereocenters. The predicted molar refractivity (Wildman–Crippen MR) is 72.9 cm³/mol. The Bertz CT molecular complexity index is 485. The molecule has 1 heterocycles. The van der Waals surface area contributed by atoms with Crippen molar-refractivity contribution in [1.82, 2.24) is 4.90 Å². The van der Waals surface area contributed by atoms with Gasteiger partial charge in [-0.15, -0.1) is 0 Å². The maximum absolute atomic E-state index is 11.9. The first-order valence-electron chi connectivity index (χ1n) is 6.32. The van der Waals surface area contributed by atoms with E-state index < -0.39 is 0 Å². The van der Waals surface area contributed by atoms with E-state index in [9.17, 15) is 9.59 Å². The van der Waals surface area contributed by atoms with E-state index in [4.69, 9.17) is 4.74 Å². The van der Waals surface area contributed by atoms with E-state index in [0.29, 0.717) is 31.9 Å². The van der Waals surface area contributed by atoms with Crippen LogP contribution >= 0.6 is 0 Å². The number of rotatable bonds is 3. The summed E-state index contributed by atoms with van der Waals surface area (Å²) >= 11 is 0. The minimum absolute atomic E-state index is 0.000977. The van der Waals surface area contributed by atoms with Gasteiger partial charge >= 0.3 is 0 Å². The van der Waals surface area contributed by atoms with Crippen molar-refractivity contribution in [2.45, 2.75) is 6.92 Å². The van der Waals surface area contributed by atoms with Gasteiger partial charge in [0.05, 0.1) is 13.2 Å². The molecule has 1 aromatic carbocycles. The number of benzene rings is 1. The van der Waals surface area contributed by atoms with Crippen molar-refractivity contribution in [3.8, 4) is 0 Å². The average Bonchev–Trinajstić information content (AvgIpc) is 2.46. The SMILES string of the molecule is CC(=O)c1ccc(C=CC(=O)N2CCOCC2)cc1. The number of ether oxygens (including phenoxy) is 1. The summed E-state index contributed by atoms with van der Waals surface area (Å²) in [6, 6.07) is 7.20. The third-order valence-corrected chi connectivity index (χ3v) is 3.06. The third-order valence-electron chi connectivity index (χ3n) is 3.06. The predicted octanol–water partition coefficient (Wildman–Crippen LogP) is 1.76. The van der Waals surface area contributed by atoms with E-state index in [-0.39, 0.29) is 11.7 Å². The molecule has 1 fully saturated rings. The number of carbonyl (C=O) groups is 2. The van der Waals surface area contributed by atoms with E-state index in [0.717, 1.165) is 5.56 Å². The van der Waals surface area contributed by atoms with Gasteiger partial charge < -0.3 is 9.64 Å². The number of nitrogens with zero attached hydrogens (tertiary/aromatic N) is 1. The number of hydrogen-bond acceptors (Lipinski definition) is 3. The van der Waals surface area contributed by atoms with E-state index in [1.54, 1.807) is 29.2 Å². The summed E-state index contributed by atoms with van der Waals surface area (Å²) in [5.41, 5.74) is 1.59. The first-order valence-corrected chi connectivity index (χ1v) is 6.32. The molecule has 0 spiro atoms. The zero-order chi connectivity index (χ0) is 13.7. The Kier molecular flexibility index (Phi) is 4.47. The molecule has 4 heteroatoms. The molecule has 1 aliphatic heterocycles. The van der Waals surface area contributed by atoms with Crippen LogP contribution in [-0.2, 0) is 9.53 Å². The van der Waals surface area contributed by atoms with Crippen molar-refractivity contribution in [3.05, 3.63) is 41.5 Å². The Hall–Kier alpha value is -1.94. The van der Waals surface area contributed by atoms with Crippen LogP contribution in [0.1, 0.15) is 22.8 Å². The molecule has 0 aromatic heterocycles. The normalized spacial score (nSPS) is 15.7. The Morgan fingerprint density at radius 1 is 1.16 bits per heavy atom. The molecule has 1 aliphatic rings. The van der Waals surface area contributed by atoms with Crippen LogP contribution in [0.25, 0.3) is 6.08 Å². The van der Waals surface area contributed by atoms with Crippen molar-refractivity contribution in [2.24, 2.45) is 0 Å². The van der Waals surface area contributed by atoms with Crippen LogP contribution < -0.4 is 0 Å². The molecule has 0 N–H and O–H groups in total. The van der Waals surface area contributed by atoms with Crippen molar-refractivity contribution in [3.63, 3.8) is 0 Å². The quantitative estimate of drug-likeness (QED) is 0.614. The minimum Gasteiger partial charge on any atom is -0.378 e. The Morgan fingerprint density at radius 3 is 2.37 bits per heavy atom. The van der Waals surface area contributed by atoms with Gasteiger partial charge in [0.25, 0.3) is 0 Å². The second kappa shape index (κ2) is 6.29. The summed E-state index contributed by atoms with van der Waals surface area (Å²) in [5.74, 6) is 0.0406. The largest absolute Gasteiger partial charge is 0.378 e. The molecule has 0 saturated carbocycles. The maximum Gasteiger partial charge on any atom is 0.246 e. The third kappa shape index (κ3) is 3.76. The van der Waals surface area contributed by atoms with Crippen LogP contribution in [0.2, 0.25) is 0 Å². The lowest BCUT2D eigenvalue weighted by molar-refractivity contribution is -0.129. The molecular formula is C15H17NO3. The minimum atomic E-state index is -0.000977. The van der Waals surface area contributed by atoms with Crippen molar-refractivity contribution >= 4 is 17.8 Å². The second-order valence-electron chi connectivity index (χ2n) is 4.45.